The lowest BCUT2D eigenvalue weighted by Gasteiger charge is -2.33. The number of hydrogen-bond donors (Lipinski definition) is 2. The van der Waals surface area contributed by atoms with Gasteiger partial charge in [-0.25, -0.2) is 15.0 Å². The molecule has 0 saturated carbocycles. The molecule has 0 fully saturated rings. The Morgan fingerprint density at radius 2 is 2.13 bits per heavy atom. The van der Waals surface area contributed by atoms with E-state index in [9.17, 15) is 9.59 Å². The highest BCUT2D eigenvalue weighted by molar-refractivity contribution is 6.03. The van der Waals surface area contributed by atoms with Crippen LogP contribution in [0.3, 0.4) is 0 Å². The Labute approximate surface area is 180 Å². The van der Waals surface area contributed by atoms with Crippen LogP contribution in [0.25, 0.3) is 0 Å². The molecule has 160 valence electrons. The molecule has 9 nitrogen and oxygen atoms in total. The van der Waals surface area contributed by atoms with Crippen LogP contribution < -0.4 is 15.8 Å². The maximum Gasteiger partial charge on any atom is 0.275 e. The Morgan fingerprint density at radius 3 is 2.81 bits per heavy atom. The molecule has 2 heterocycles. The second-order valence-electron chi connectivity index (χ2n) is 7.14. The van der Waals surface area contributed by atoms with Crippen molar-refractivity contribution in [3.05, 3.63) is 47.9 Å². The van der Waals surface area contributed by atoms with E-state index in [0.717, 1.165) is 12.0 Å². The molecule has 9 heteroatoms. The maximum atomic E-state index is 12.6. The highest BCUT2D eigenvalue weighted by atomic mass is 16.5. The van der Waals surface area contributed by atoms with Crippen molar-refractivity contribution in [3.8, 4) is 17.7 Å². The van der Waals surface area contributed by atoms with E-state index in [-0.39, 0.29) is 30.6 Å². The van der Waals surface area contributed by atoms with Gasteiger partial charge in [-0.1, -0.05) is 25.0 Å². The molecular formula is C22H24N6O3. The number of guanidine groups is 1. The third-order valence-electron chi connectivity index (χ3n) is 4.77. The van der Waals surface area contributed by atoms with E-state index in [2.05, 4.69) is 32.1 Å². The van der Waals surface area contributed by atoms with E-state index in [1.54, 1.807) is 25.2 Å². The summed E-state index contributed by atoms with van der Waals surface area (Å²) in [7, 11) is 1.59. The first-order chi connectivity index (χ1) is 14.8. The van der Waals surface area contributed by atoms with Crippen LogP contribution in [0.2, 0.25) is 0 Å². The quantitative estimate of drug-likeness (QED) is 0.713. The van der Waals surface area contributed by atoms with Crippen LogP contribution in [0.1, 0.15) is 42.7 Å². The number of anilines is 1. The van der Waals surface area contributed by atoms with Gasteiger partial charge in [0.15, 0.2) is 12.6 Å². The van der Waals surface area contributed by atoms with Gasteiger partial charge in [-0.3, -0.25) is 14.5 Å². The molecule has 3 rings (SSSR count). The molecule has 0 radical (unpaired) electrons. The normalized spacial score (nSPS) is 18.0. The second kappa shape index (κ2) is 9.26. The SMILES string of the molecule is CCC#CCOc1cnc(C(=O)Nc2cccc(C3(C)CC(=O)N(C)C(N)=N3)c2)cn1. The first kappa shape index (κ1) is 21.8. The van der Waals surface area contributed by atoms with Crippen molar-refractivity contribution in [3.63, 3.8) is 0 Å². The molecule has 1 atom stereocenters. The zero-order chi connectivity index (χ0) is 22.4. The van der Waals surface area contributed by atoms with E-state index in [4.69, 9.17) is 10.5 Å². The first-order valence-corrected chi connectivity index (χ1v) is 9.77. The summed E-state index contributed by atoms with van der Waals surface area (Å²) in [5.74, 6) is 5.63. The number of rotatable bonds is 5. The van der Waals surface area contributed by atoms with E-state index < -0.39 is 11.4 Å². The molecule has 3 N–H and O–H groups in total. The lowest BCUT2D eigenvalue weighted by atomic mass is 9.87. The highest BCUT2D eigenvalue weighted by Crippen LogP contribution is 2.34. The summed E-state index contributed by atoms with van der Waals surface area (Å²) in [5.41, 5.74) is 6.52. The van der Waals surface area contributed by atoms with Gasteiger partial charge in [-0.15, -0.1) is 5.92 Å². The lowest BCUT2D eigenvalue weighted by Crippen LogP contribution is -2.47. The summed E-state index contributed by atoms with van der Waals surface area (Å²) in [5, 5.41) is 2.79. The first-order valence-electron chi connectivity index (χ1n) is 9.77. The molecule has 31 heavy (non-hydrogen) atoms. The van der Waals surface area contributed by atoms with Crippen molar-refractivity contribution in [2.75, 3.05) is 19.0 Å². The third-order valence-corrected chi connectivity index (χ3v) is 4.77. The summed E-state index contributed by atoms with van der Waals surface area (Å²) < 4.78 is 5.35. The molecule has 1 aromatic carbocycles. The topological polar surface area (TPSA) is 123 Å². The van der Waals surface area contributed by atoms with E-state index in [1.807, 2.05) is 19.9 Å². The molecular weight excluding hydrogens is 396 g/mol. The Balaban J connectivity index is 1.71. The predicted octanol–water partition coefficient (Wildman–Crippen LogP) is 1.91. The summed E-state index contributed by atoms with van der Waals surface area (Å²) in [6.45, 7) is 4.00. The summed E-state index contributed by atoms with van der Waals surface area (Å²) >= 11 is 0. The largest absolute Gasteiger partial charge is 0.463 e. The molecule has 1 aliphatic heterocycles. The zero-order valence-electron chi connectivity index (χ0n) is 17.7. The standard InChI is InChI=1S/C22H24N6O3/c1-4-5-6-10-31-18-14-24-17(13-25-18)20(30)26-16-9-7-8-15(11-16)22(2)12-19(29)28(3)21(23)27-22/h7-9,11,13-14H,4,10,12H2,1-3H3,(H2,23,27)(H,26,30). The minimum atomic E-state index is -0.812. The maximum absolute atomic E-state index is 12.6. The van der Waals surface area contributed by atoms with Gasteiger partial charge in [0, 0.05) is 19.2 Å². The van der Waals surface area contributed by atoms with E-state index >= 15 is 0 Å². The fraction of sp³-hybridized carbons (Fsp3) is 0.318. The number of nitrogens with zero attached hydrogens (tertiary/aromatic N) is 4. The second-order valence-corrected chi connectivity index (χ2v) is 7.14. The van der Waals surface area contributed by atoms with Crippen molar-refractivity contribution in [2.45, 2.75) is 32.2 Å². The summed E-state index contributed by atoms with van der Waals surface area (Å²) in [6, 6.07) is 7.14. The molecule has 0 saturated heterocycles. The highest BCUT2D eigenvalue weighted by Gasteiger charge is 2.36. The number of amides is 2. The molecule has 1 unspecified atom stereocenters. The number of aliphatic imine (C=N–C) groups is 1. The minimum absolute atomic E-state index is 0.123. The Bertz CT molecular complexity index is 1070. The molecule has 2 aromatic rings. The van der Waals surface area contributed by atoms with Gasteiger partial charge in [-0.2, -0.15) is 0 Å². The molecule has 0 aliphatic carbocycles. The number of ether oxygens (including phenoxy) is 1. The average Bonchev–Trinajstić information content (AvgIpc) is 2.75. The number of carbonyl (C=O) groups is 2. The van der Waals surface area contributed by atoms with Crippen molar-refractivity contribution in [1.82, 2.24) is 14.9 Å². The fourth-order valence-electron chi connectivity index (χ4n) is 3.00. The van der Waals surface area contributed by atoms with Crippen molar-refractivity contribution >= 4 is 23.5 Å². The van der Waals surface area contributed by atoms with Crippen LogP contribution >= 0.6 is 0 Å². The average molecular weight is 420 g/mol. The Morgan fingerprint density at radius 1 is 1.32 bits per heavy atom. The fourth-order valence-corrected chi connectivity index (χ4v) is 3.00. The van der Waals surface area contributed by atoms with Crippen LogP contribution in [-0.4, -0.2) is 46.3 Å². The number of nitrogens with two attached hydrogens (primary N) is 1. The molecule has 2 amide bonds. The predicted molar refractivity (Wildman–Crippen MR) is 116 cm³/mol. The number of benzene rings is 1. The number of nitrogens with one attached hydrogen (secondary N) is 1. The summed E-state index contributed by atoms with van der Waals surface area (Å²) in [6.07, 6.45) is 3.64. The van der Waals surface area contributed by atoms with Crippen molar-refractivity contribution < 1.29 is 14.3 Å². The van der Waals surface area contributed by atoms with Gasteiger partial charge >= 0.3 is 0 Å². The summed E-state index contributed by atoms with van der Waals surface area (Å²) in [4.78, 5) is 38.8. The molecule has 1 aromatic heterocycles. The number of hydrogen-bond acceptors (Lipinski definition) is 7. The van der Waals surface area contributed by atoms with Gasteiger partial charge in [0.25, 0.3) is 5.91 Å². The van der Waals surface area contributed by atoms with E-state index in [1.165, 1.54) is 17.3 Å². The molecule has 0 spiro atoms. The van der Waals surface area contributed by atoms with Gasteiger partial charge in [0.05, 0.1) is 24.4 Å². The Kier molecular flexibility index (Phi) is 6.50. The minimum Gasteiger partial charge on any atom is -0.463 e. The molecule has 1 aliphatic rings. The van der Waals surface area contributed by atoms with Gasteiger partial charge in [-0.05, 0) is 24.6 Å². The van der Waals surface area contributed by atoms with Crippen LogP contribution in [-0.2, 0) is 10.3 Å². The third kappa shape index (κ3) is 5.17. The van der Waals surface area contributed by atoms with E-state index in [0.29, 0.717) is 11.6 Å². The lowest BCUT2D eigenvalue weighted by molar-refractivity contribution is -0.128. The van der Waals surface area contributed by atoms with Gasteiger partial charge in [0.2, 0.25) is 11.8 Å². The monoisotopic (exact) mass is 420 g/mol. The molecule has 0 bridgehead atoms. The van der Waals surface area contributed by atoms with Gasteiger partial charge < -0.3 is 15.8 Å². The Hall–Kier alpha value is -3.93. The van der Waals surface area contributed by atoms with Crippen LogP contribution in [0.4, 0.5) is 5.69 Å². The van der Waals surface area contributed by atoms with Gasteiger partial charge in [0.1, 0.15) is 5.69 Å². The number of carbonyl (C=O) groups excluding carboxylic acids is 2. The van der Waals surface area contributed by atoms with Crippen LogP contribution in [0, 0.1) is 11.8 Å². The van der Waals surface area contributed by atoms with Crippen LogP contribution in [0.15, 0.2) is 41.7 Å². The van der Waals surface area contributed by atoms with Crippen LogP contribution in [0.5, 0.6) is 5.88 Å². The number of aromatic nitrogens is 2. The van der Waals surface area contributed by atoms with Crippen molar-refractivity contribution in [2.24, 2.45) is 10.7 Å². The smallest absolute Gasteiger partial charge is 0.275 e. The van der Waals surface area contributed by atoms with Crippen molar-refractivity contribution in [1.29, 1.82) is 0 Å². The zero-order valence-corrected chi connectivity index (χ0v) is 17.7.